The fourth-order valence-corrected chi connectivity index (χ4v) is 6.20. The molecule has 0 radical (unpaired) electrons. The van der Waals surface area contributed by atoms with E-state index in [1.807, 2.05) is 12.1 Å². The third-order valence-electron chi connectivity index (χ3n) is 6.59. The minimum absolute atomic E-state index is 0.195. The van der Waals surface area contributed by atoms with E-state index in [1.165, 1.54) is 0 Å². The first-order valence-electron chi connectivity index (χ1n) is 12.7. The van der Waals surface area contributed by atoms with Gasteiger partial charge in [-0.3, -0.25) is 9.88 Å². The fourth-order valence-electron chi connectivity index (χ4n) is 4.33. The molecule has 1 aromatic rings. The van der Waals surface area contributed by atoms with Crippen LogP contribution in [0.2, 0.25) is 0 Å². The Labute approximate surface area is 204 Å². The number of unbranched alkanes of at least 4 members (excludes halogenated alkanes) is 3. The second-order valence-corrected chi connectivity index (χ2v) is 11.2. The number of hydrogen-bond donors (Lipinski definition) is 2. The standard InChI is InChI=1S/C24H41N5O4S/c30-24(27-21-22-8-6-11-25-20-22)26-12-3-1-2-4-19-34(31,32)29(23-9-5-10-23)14-7-13-28-15-17-33-18-16-28/h6,8,11,20,23H,1-5,7,9-10,12-19,21H2,(H2,26,27,30). The van der Waals surface area contributed by atoms with E-state index >= 15 is 0 Å². The summed E-state index contributed by atoms with van der Waals surface area (Å²) < 4.78 is 33.3. The number of sulfonamides is 1. The van der Waals surface area contributed by atoms with Gasteiger partial charge in [-0.05, 0) is 50.3 Å². The zero-order valence-corrected chi connectivity index (χ0v) is 21.1. The molecular formula is C24H41N5O4S. The van der Waals surface area contributed by atoms with Gasteiger partial charge in [0.15, 0.2) is 0 Å². The van der Waals surface area contributed by atoms with Crippen LogP contribution >= 0.6 is 0 Å². The van der Waals surface area contributed by atoms with Crippen LogP contribution in [0.4, 0.5) is 4.79 Å². The molecule has 0 bridgehead atoms. The molecule has 192 valence electrons. The minimum atomic E-state index is -3.22. The van der Waals surface area contributed by atoms with Crippen LogP contribution < -0.4 is 10.6 Å². The Hall–Kier alpha value is -1.75. The molecule has 34 heavy (non-hydrogen) atoms. The van der Waals surface area contributed by atoms with Crippen molar-refractivity contribution in [1.82, 2.24) is 24.8 Å². The van der Waals surface area contributed by atoms with Crippen molar-refractivity contribution in [2.75, 3.05) is 51.7 Å². The summed E-state index contributed by atoms with van der Waals surface area (Å²) in [6.07, 6.45) is 10.7. The summed E-state index contributed by atoms with van der Waals surface area (Å²) in [4.78, 5) is 18.2. The van der Waals surface area contributed by atoms with Crippen LogP contribution in [-0.2, 0) is 21.3 Å². The van der Waals surface area contributed by atoms with Crippen molar-refractivity contribution in [3.63, 3.8) is 0 Å². The van der Waals surface area contributed by atoms with Crippen molar-refractivity contribution < 1.29 is 17.9 Å². The van der Waals surface area contributed by atoms with E-state index < -0.39 is 10.0 Å². The van der Waals surface area contributed by atoms with Crippen molar-refractivity contribution >= 4 is 16.1 Å². The highest BCUT2D eigenvalue weighted by Crippen LogP contribution is 2.28. The highest BCUT2D eigenvalue weighted by Gasteiger charge is 2.33. The molecule has 2 amide bonds. The molecule has 10 heteroatoms. The van der Waals surface area contributed by atoms with Crippen LogP contribution in [0.5, 0.6) is 0 Å². The minimum Gasteiger partial charge on any atom is -0.379 e. The monoisotopic (exact) mass is 495 g/mol. The number of morpholine rings is 1. The second kappa shape index (κ2) is 14.6. The number of hydrogen-bond acceptors (Lipinski definition) is 6. The van der Waals surface area contributed by atoms with E-state index in [-0.39, 0.29) is 17.8 Å². The average molecular weight is 496 g/mol. The van der Waals surface area contributed by atoms with Gasteiger partial charge < -0.3 is 15.4 Å². The molecule has 0 unspecified atom stereocenters. The molecule has 2 N–H and O–H groups in total. The summed E-state index contributed by atoms with van der Waals surface area (Å²) in [7, 11) is -3.22. The molecule has 1 saturated heterocycles. The van der Waals surface area contributed by atoms with Gasteiger partial charge in [-0.2, -0.15) is 4.31 Å². The Morgan fingerprint density at radius 3 is 2.62 bits per heavy atom. The van der Waals surface area contributed by atoms with E-state index in [4.69, 9.17) is 4.74 Å². The number of urea groups is 1. The fraction of sp³-hybridized carbons (Fsp3) is 0.750. The van der Waals surface area contributed by atoms with Gasteiger partial charge in [-0.1, -0.05) is 25.3 Å². The van der Waals surface area contributed by atoms with Gasteiger partial charge in [0.1, 0.15) is 0 Å². The van der Waals surface area contributed by atoms with Gasteiger partial charge in [0.25, 0.3) is 0 Å². The van der Waals surface area contributed by atoms with E-state index in [0.717, 1.165) is 83.4 Å². The number of rotatable bonds is 15. The van der Waals surface area contributed by atoms with Crippen molar-refractivity contribution in [1.29, 1.82) is 0 Å². The number of amides is 2. The lowest BCUT2D eigenvalue weighted by Gasteiger charge is -2.37. The van der Waals surface area contributed by atoms with Gasteiger partial charge in [-0.25, -0.2) is 13.2 Å². The summed E-state index contributed by atoms with van der Waals surface area (Å²) in [5.41, 5.74) is 0.955. The van der Waals surface area contributed by atoms with Crippen LogP contribution in [0.3, 0.4) is 0 Å². The van der Waals surface area contributed by atoms with Crippen LogP contribution in [0.15, 0.2) is 24.5 Å². The zero-order chi connectivity index (χ0) is 24.1. The quantitative estimate of drug-likeness (QED) is 0.362. The van der Waals surface area contributed by atoms with Crippen LogP contribution in [0.1, 0.15) is 56.9 Å². The molecule has 2 heterocycles. The first-order valence-corrected chi connectivity index (χ1v) is 14.4. The van der Waals surface area contributed by atoms with Gasteiger partial charge >= 0.3 is 6.03 Å². The molecule has 0 spiro atoms. The van der Waals surface area contributed by atoms with Gasteiger partial charge in [0, 0.05) is 51.2 Å². The predicted octanol–water partition coefficient (Wildman–Crippen LogP) is 2.35. The van der Waals surface area contributed by atoms with Crippen molar-refractivity contribution in [3.8, 4) is 0 Å². The molecule has 0 aromatic carbocycles. The molecule has 1 aliphatic carbocycles. The lowest BCUT2D eigenvalue weighted by Crippen LogP contribution is -2.46. The Morgan fingerprint density at radius 1 is 1.12 bits per heavy atom. The van der Waals surface area contributed by atoms with Crippen LogP contribution in [-0.4, -0.2) is 86.4 Å². The molecule has 3 rings (SSSR count). The van der Waals surface area contributed by atoms with Gasteiger partial charge in [0.2, 0.25) is 10.0 Å². The van der Waals surface area contributed by atoms with Crippen LogP contribution in [0.25, 0.3) is 0 Å². The number of aromatic nitrogens is 1. The topological polar surface area (TPSA) is 104 Å². The normalized spacial score (nSPS) is 17.4. The lowest BCUT2D eigenvalue weighted by molar-refractivity contribution is 0.0363. The number of nitrogens with one attached hydrogen (secondary N) is 2. The third kappa shape index (κ3) is 9.48. The van der Waals surface area contributed by atoms with E-state index in [1.54, 1.807) is 16.7 Å². The second-order valence-electron chi connectivity index (χ2n) is 9.20. The van der Waals surface area contributed by atoms with E-state index in [9.17, 15) is 13.2 Å². The van der Waals surface area contributed by atoms with E-state index in [2.05, 4.69) is 20.5 Å². The number of ether oxygens (including phenoxy) is 1. The van der Waals surface area contributed by atoms with Crippen molar-refractivity contribution in [2.24, 2.45) is 0 Å². The third-order valence-corrected chi connectivity index (χ3v) is 8.59. The van der Waals surface area contributed by atoms with Crippen molar-refractivity contribution in [2.45, 2.75) is 64.0 Å². The molecule has 2 fully saturated rings. The largest absolute Gasteiger partial charge is 0.379 e. The summed E-state index contributed by atoms with van der Waals surface area (Å²) in [6.45, 7) is 6.02. The summed E-state index contributed by atoms with van der Waals surface area (Å²) in [6, 6.07) is 3.76. The number of carbonyl (C=O) groups is 1. The highest BCUT2D eigenvalue weighted by atomic mass is 32.2. The first-order chi connectivity index (χ1) is 16.5. The maximum atomic E-state index is 13.0. The molecule has 2 aliphatic rings. The lowest BCUT2D eigenvalue weighted by atomic mass is 9.93. The molecule has 1 aliphatic heterocycles. The molecule has 9 nitrogen and oxygen atoms in total. The van der Waals surface area contributed by atoms with Gasteiger partial charge in [-0.15, -0.1) is 0 Å². The highest BCUT2D eigenvalue weighted by molar-refractivity contribution is 7.89. The smallest absolute Gasteiger partial charge is 0.315 e. The summed E-state index contributed by atoms with van der Waals surface area (Å²) in [5.74, 6) is 0.222. The average Bonchev–Trinajstić information content (AvgIpc) is 2.81. The van der Waals surface area contributed by atoms with E-state index in [0.29, 0.717) is 26.1 Å². The maximum Gasteiger partial charge on any atom is 0.315 e. The molecule has 1 saturated carbocycles. The molecule has 1 aromatic heterocycles. The summed E-state index contributed by atoms with van der Waals surface area (Å²) >= 11 is 0. The number of nitrogens with zero attached hydrogens (tertiary/aromatic N) is 3. The number of pyridine rings is 1. The Morgan fingerprint density at radius 2 is 1.91 bits per heavy atom. The molecule has 0 atom stereocenters. The Bertz CT molecular complexity index is 814. The van der Waals surface area contributed by atoms with Gasteiger partial charge in [0.05, 0.1) is 19.0 Å². The van der Waals surface area contributed by atoms with Crippen LogP contribution in [0, 0.1) is 0 Å². The SMILES string of the molecule is O=C(NCCCCCCS(=O)(=O)N(CCCN1CCOCC1)C1CCC1)NCc1cccnc1. The maximum absolute atomic E-state index is 13.0. The zero-order valence-electron chi connectivity index (χ0n) is 20.3. The number of carbonyl (C=O) groups excluding carboxylic acids is 1. The molecular weight excluding hydrogens is 454 g/mol. The van der Waals surface area contributed by atoms with Crippen molar-refractivity contribution in [3.05, 3.63) is 30.1 Å². The predicted molar refractivity (Wildman–Crippen MR) is 133 cm³/mol. The Balaban J connectivity index is 1.26. The Kier molecular flexibility index (Phi) is 11.5. The summed E-state index contributed by atoms with van der Waals surface area (Å²) in [5, 5.41) is 5.66. The first kappa shape index (κ1) is 26.8.